The first-order valence-corrected chi connectivity index (χ1v) is 6.21. The molecule has 0 aromatic heterocycles. The van der Waals surface area contributed by atoms with Crippen molar-refractivity contribution in [2.45, 2.75) is 47.1 Å². The van der Waals surface area contributed by atoms with Gasteiger partial charge in [-0.2, -0.15) is 0 Å². The van der Waals surface area contributed by atoms with E-state index in [0.29, 0.717) is 18.9 Å². The second kappa shape index (κ2) is 8.06. The van der Waals surface area contributed by atoms with E-state index in [2.05, 4.69) is 16.2 Å². The summed E-state index contributed by atoms with van der Waals surface area (Å²) in [5.41, 5.74) is 5.18. The van der Waals surface area contributed by atoms with Crippen molar-refractivity contribution in [3.8, 4) is 0 Å². The molecule has 0 bridgehead atoms. The molecule has 0 spiro atoms. The Kier molecular flexibility index (Phi) is 7.54. The Morgan fingerprint density at radius 1 is 1.18 bits per heavy atom. The van der Waals surface area contributed by atoms with Crippen LogP contribution in [0.2, 0.25) is 0 Å². The SMILES string of the molecule is CCNNC(=O)N[C@H](CC(C)C)C(=O)C(C)C.[HH].[HH].[HH]. The molecule has 0 saturated carbocycles. The summed E-state index contributed by atoms with van der Waals surface area (Å²) in [5, 5.41) is 2.70. The Hall–Kier alpha value is -1.10. The van der Waals surface area contributed by atoms with Crippen molar-refractivity contribution >= 4 is 11.8 Å². The first kappa shape index (κ1) is 15.9. The van der Waals surface area contributed by atoms with E-state index < -0.39 is 6.04 Å². The third kappa shape index (κ3) is 6.94. The van der Waals surface area contributed by atoms with Gasteiger partial charge in [0.05, 0.1) is 6.04 Å². The predicted molar refractivity (Wildman–Crippen MR) is 74.8 cm³/mol. The number of hydrogen-bond acceptors (Lipinski definition) is 3. The summed E-state index contributed by atoms with van der Waals surface area (Å²) in [5.74, 6) is 0.366. The van der Waals surface area contributed by atoms with Gasteiger partial charge >= 0.3 is 6.03 Å². The molecule has 0 aliphatic heterocycles. The maximum atomic E-state index is 11.9. The van der Waals surface area contributed by atoms with Crippen LogP contribution in [0.15, 0.2) is 0 Å². The average Bonchev–Trinajstić information content (AvgIpc) is 2.23. The second-order valence-electron chi connectivity index (χ2n) is 4.87. The molecule has 0 unspecified atom stereocenters. The van der Waals surface area contributed by atoms with E-state index in [1.54, 1.807) is 0 Å². The summed E-state index contributed by atoms with van der Waals surface area (Å²) in [6.45, 7) is 10.3. The Bertz CT molecular complexity index is 264. The molecule has 5 nitrogen and oxygen atoms in total. The van der Waals surface area contributed by atoms with Crippen LogP contribution < -0.4 is 16.2 Å². The average molecular weight is 249 g/mol. The summed E-state index contributed by atoms with van der Waals surface area (Å²) in [4.78, 5) is 23.4. The zero-order valence-electron chi connectivity index (χ0n) is 11.5. The number of hydrazine groups is 1. The normalized spacial score (nSPS) is 12.6. The number of urea groups is 1. The number of amides is 2. The molecule has 0 rings (SSSR count). The van der Waals surface area contributed by atoms with E-state index in [9.17, 15) is 9.59 Å². The summed E-state index contributed by atoms with van der Waals surface area (Å²) in [6.07, 6.45) is 0.663. The van der Waals surface area contributed by atoms with E-state index in [-0.39, 0.29) is 22.0 Å². The van der Waals surface area contributed by atoms with Gasteiger partial charge in [-0.25, -0.2) is 10.2 Å². The molecular weight excluding hydrogens is 218 g/mol. The molecule has 0 fully saturated rings. The minimum absolute atomic E-state index is 0. The smallest absolute Gasteiger partial charge is 0.327 e. The zero-order valence-corrected chi connectivity index (χ0v) is 11.5. The van der Waals surface area contributed by atoms with Crippen LogP contribution in [0.5, 0.6) is 0 Å². The standard InChI is InChI=1S/C12H25N3O2.3H2/c1-6-13-15-12(17)14-10(7-8(2)3)11(16)9(4)5;;;/h8-10,13H,6-7H2,1-5H3,(H2,14,15,17);3*1H/t10-;;;/m1.../s1. The molecule has 2 amide bonds. The Labute approximate surface area is 108 Å². The molecule has 1 atom stereocenters. The first-order valence-electron chi connectivity index (χ1n) is 6.21. The van der Waals surface area contributed by atoms with Crippen LogP contribution >= 0.6 is 0 Å². The minimum atomic E-state index is -0.409. The molecule has 17 heavy (non-hydrogen) atoms. The van der Waals surface area contributed by atoms with Gasteiger partial charge in [0.25, 0.3) is 0 Å². The van der Waals surface area contributed by atoms with Crippen LogP contribution in [-0.4, -0.2) is 24.4 Å². The zero-order chi connectivity index (χ0) is 13.4. The van der Waals surface area contributed by atoms with Gasteiger partial charge in [0.1, 0.15) is 0 Å². The van der Waals surface area contributed by atoms with E-state index in [1.165, 1.54) is 0 Å². The summed E-state index contributed by atoms with van der Waals surface area (Å²) in [6, 6.07) is -0.764. The van der Waals surface area contributed by atoms with E-state index in [4.69, 9.17) is 0 Å². The maximum Gasteiger partial charge on any atom is 0.329 e. The number of ketones is 1. The van der Waals surface area contributed by atoms with Crippen LogP contribution in [0.4, 0.5) is 4.79 Å². The van der Waals surface area contributed by atoms with Gasteiger partial charge in [-0.3, -0.25) is 10.2 Å². The molecule has 0 aromatic rings. The fraction of sp³-hybridized carbons (Fsp3) is 0.833. The van der Waals surface area contributed by atoms with Gasteiger partial charge in [0.15, 0.2) is 5.78 Å². The molecule has 0 saturated heterocycles. The van der Waals surface area contributed by atoms with Gasteiger partial charge in [-0.05, 0) is 12.3 Å². The monoisotopic (exact) mass is 249 g/mol. The van der Waals surface area contributed by atoms with Crippen molar-refractivity contribution in [1.29, 1.82) is 0 Å². The third-order valence-electron chi connectivity index (χ3n) is 2.30. The Morgan fingerprint density at radius 2 is 1.76 bits per heavy atom. The number of carbonyl (C=O) groups excluding carboxylic acids is 2. The largest absolute Gasteiger partial charge is 0.329 e. The first-order chi connectivity index (χ1) is 7.88. The summed E-state index contributed by atoms with van der Waals surface area (Å²) in [7, 11) is 0. The molecular formula is C12H31N3O2. The number of rotatable bonds is 7. The van der Waals surface area contributed by atoms with Crippen molar-refractivity contribution in [2.24, 2.45) is 11.8 Å². The van der Waals surface area contributed by atoms with Crippen LogP contribution in [0.25, 0.3) is 0 Å². The maximum absolute atomic E-state index is 11.9. The Morgan fingerprint density at radius 3 is 2.18 bits per heavy atom. The van der Waals surface area contributed by atoms with Crippen molar-refractivity contribution < 1.29 is 13.9 Å². The highest BCUT2D eigenvalue weighted by Gasteiger charge is 2.23. The van der Waals surface area contributed by atoms with Gasteiger partial charge in [-0.1, -0.05) is 34.6 Å². The van der Waals surface area contributed by atoms with Crippen molar-refractivity contribution in [2.75, 3.05) is 6.54 Å². The molecule has 0 radical (unpaired) electrons. The van der Waals surface area contributed by atoms with Gasteiger partial charge < -0.3 is 5.32 Å². The quantitative estimate of drug-likeness (QED) is 0.606. The van der Waals surface area contributed by atoms with E-state index in [1.807, 2.05) is 34.6 Å². The lowest BCUT2D eigenvalue weighted by atomic mass is 9.94. The third-order valence-corrected chi connectivity index (χ3v) is 2.30. The second-order valence-corrected chi connectivity index (χ2v) is 4.87. The lowest BCUT2D eigenvalue weighted by Crippen LogP contribution is -2.51. The van der Waals surface area contributed by atoms with Gasteiger partial charge in [-0.15, -0.1) is 0 Å². The van der Waals surface area contributed by atoms with Crippen LogP contribution in [0, 0.1) is 11.8 Å². The van der Waals surface area contributed by atoms with E-state index in [0.717, 1.165) is 0 Å². The highest BCUT2D eigenvalue weighted by Crippen LogP contribution is 2.10. The molecule has 0 aliphatic carbocycles. The molecule has 5 heteroatoms. The van der Waals surface area contributed by atoms with Crippen LogP contribution in [-0.2, 0) is 4.79 Å². The van der Waals surface area contributed by atoms with Crippen molar-refractivity contribution in [3.63, 3.8) is 0 Å². The molecule has 0 aromatic carbocycles. The highest BCUT2D eigenvalue weighted by molar-refractivity contribution is 5.89. The fourth-order valence-electron chi connectivity index (χ4n) is 1.48. The highest BCUT2D eigenvalue weighted by atomic mass is 16.2. The number of carbonyl (C=O) groups is 2. The molecule has 106 valence electrons. The van der Waals surface area contributed by atoms with Crippen LogP contribution in [0.3, 0.4) is 0 Å². The number of hydrogen-bond donors (Lipinski definition) is 3. The summed E-state index contributed by atoms with van der Waals surface area (Å²) >= 11 is 0. The topological polar surface area (TPSA) is 70.2 Å². The van der Waals surface area contributed by atoms with E-state index >= 15 is 0 Å². The predicted octanol–water partition coefficient (Wildman–Crippen LogP) is 2.19. The van der Waals surface area contributed by atoms with Crippen LogP contribution in [0.1, 0.15) is 45.3 Å². The lowest BCUT2D eigenvalue weighted by molar-refractivity contribution is -0.124. The van der Waals surface area contributed by atoms with Gasteiger partial charge in [0.2, 0.25) is 0 Å². The Balaban J connectivity index is -0.000000427. The lowest BCUT2D eigenvalue weighted by Gasteiger charge is -2.21. The summed E-state index contributed by atoms with van der Waals surface area (Å²) < 4.78 is 0. The molecule has 0 aliphatic rings. The van der Waals surface area contributed by atoms with Crippen molar-refractivity contribution in [3.05, 3.63) is 0 Å². The van der Waals surface area contributed by atoms with Crippen molar-refractivity contribution in [1.82, 2.24) is 16.2 Å². The number of nitrogens with one attached hydrogen (secondary N) is 3. The van der Waals surface area contributed by atoms with Gasteiger partial charge in [0, 0.05) is 16.7 Å². The number of Topliss-reactive ketones (excluding diaryl/α,β-unsaturated/α-hetero) is 1. The molecule has 0 heterocycles. The minimum Gasteiger partial charge on any atom is -0.327 e. The fourth-order valence-corrected chi connectivity index (χ4v) is 1.48. The molecule has 3 N–H and O–H groups in total.